The van der Waals surface area contributed by atoms with Gasteiger partial charge in [0.25, 0.3) is 0 Å². The maximum absolute atomic E-state index is 5.23. The molecule has 0 saturated carbocycles. The smallest absolute Gasteiger partial charge is 0.130 e. The molecule has 0 spiro atoms. The predicted molar refractivity (Wildman–Crippen MR) is 41.9 cm³/mol. The van der Waals surface area contributed by atoms with Crippen molar-refractivity contribution in [2.75, 3.05) is 12.3 Å². The second-order valence-electron chi connectivity index (χ2n) is 2.22. The zero-order valence-electron chi connectivity index (χ0n) is 5.54. The van der Waals surface area contributed by atoms with Crippen LogP contribution < -0.4 is 5.32 Å². The maximum Gasteiger partial charge on any atom is 0.130 e. The third-order valence-corrected chi connectivity index (χ3v) is 2.69. The van der Waals surface area contributed by atoms with E-state index in [2.05, 4.69) is 5.32 Å². The van der Waals surface area contributed by atoms with Crippen LogP contribution in [0.4, 0.5) is 0 Å². The highest BCUT2D eigenvalue weighted by Crippen LogP contribution is 2.29. The van der Waals surface area contributed by atoms with Crippen molar-refractivity contribution in [2.45, 2.75) is 5.37 Å². The van der Waals surface area contributed by atoms with E-state index in [1.54, 1.807) is 6.26 Å². The molecule has 1 aliphatic heterocycles. The zero-order valence-corrected chi connectivity index (χ0v) is 6.36. The Hall–Kier alpha value is -0.410. The molecule has 1 aliphatic rings. The molecule has 54 valence electrons. The lowest BCUT2D eigenvalue weighted by Gasteiger charge is -2.03. The summed E-state index contributed by atoms with van der Waals surface area (Å²) in [5, 5.41) is 3.73. The first-order valence-electron chi connectivity index (χ1n) is 3.35. The third-order valence-electron chi connectivity index (χ3n) is 1.52. The Morgan fingerprint density at radius 1 is 1.70 bits per heavy atom. The van der Waals surface area contributed by atoms with Crippen molar-refractivity contribution in [2.24, 2.45) is 0 Å². The van der Waals surface area contributed by atoms with Gasteiger partial charge < -0.3 is 4.42 Å². The van der Waals surface area contributed by atoms with Crippen LogP contribution >= 0.6 is 11.8 Å². The van der Waals surface area contributed by atoms with Gasteiger partial charge in [-0.05, 0) is 12.1 Å². The molecule has 1 unspecified atom stereocenters. The summed E-state index contributed by atoms with van der Waals surface area (Å²) in [5.74, 6) is 2.23. The molecule has 3 heteroatoms. The minimum atomic E-state index is 0.398. The number of nitrogens with one attached hydrogen (secondary N) is 1. The number of thioether (sulfide) groups is 1. The SMILES string of the molecule is c1coc(C2NCCS2)c1. The summed E-state index contributed by atoms with van der Waals surface area (Å²) in [7, 11) is 0. The van der Waals surface area contributed by atoms with Crippen molar-refractivity contribution in [1.82, 2.24) is 5.32 Å². The fourth-order valence-corrected chi connectivity index (χ4v) is 2.05. The minimum Gasteiger partial charge on any atom is -0.467 e. The highest BCUT2D eigenvalue weighted by Gasteiger charge is 2.18. The van der Waals surface area contributed by atoms with E-state index >= 15 is 0 Å². The van der Waals surface area contributed by atoms with Gasteiger partial charge in [0.05, 0.1) is 6.26 Å². The van der Waals surface area contributed by atoms with Crippen molar-refractivity contribution in [3.05, 3.63) is 24.2 Å². The van der Waals surface area contributed by atoms with Gasteiger partial charge in [0, 0.05) is 12.3 Å². The van der Waals surface area contributed by atoms with E-state index in [1.807, 2.05) is 23.9 Å². The Bertz CT molecular complexity index is 191. The van der Waals surface area contributed by atoms with E-state index in [4.69, 9.17) is 4.42 Å². The highest BCUT2D eigenvalue weighted by molar-refractivity contribution is 7.99. The molecule has 2 rings (SSSR count). The molecule has 1 atom stereocenters. The van der Waals surface area contributed by atoms with Crippen LogP contribution in [0.3, 0.4) is 0 Å². The molecular weight excluding hydrogens is 146 g/mol. The second kappa shape index (κ2) is 2.68. The standard InChI is InChI=1S/C7H9NOS/c1-2-6(9-4-1)7-8-3-5-10-7/h1-2,4,7-8H,3,5H2. The monoisotopic (exact) mass is 155 g/mol. The first-order valence-corrected chi connectivity index (χ1v) is 4.40. The lowest BCUT2D eigenvalue weighted by molar-refractivity contribution is 0.488. The van der Waals surface area contributed by atoms with E-state index in [1.165, 1.54) is 5.75 Å². The summed E-state index contributed by atoms with van der Waals surface area (Å²) in [5.41, 5.74) is 0. The van der Waals surface area contributed by atoms with Crippen LogP contribution in [-0.2, 0) is 0 Å². The lowest BCUT2D eigenvalue weighted by Crippen LogP contribution is -2.10. The second-order valence-corrected chi connectivity index (χ2v) is 3.43. The molecule has 0 aliphatic carbocycles. The van der Waals surface area contributed by atoms with Crippen LogP contribution in [0.2, 0.25) is 0 Å². The Labute approximate surface area is 64.0 Å². The van der Waals surface area contributed by atoms with Crippen molar-refractivity contribution in [3.8, 4) is 0 Å². The average Bonchev–Trinajstić information content (AvgIpc) is 2.59. The molecule has 1 aromatic heterocycles. The molecule has 0 radical (unpaired) electrons. The van der Waals surface area contributed by atoms with E-state index in [0.717, 1.165) is 12.3 Å². The molecule has 1 fully saturated rings. The van der Waals surface area contributed by atoms with Gasteiger partial charge in [0.2, 0.25) is 0 Å². The van der Waals surface area contributed by atoms with Gasteiger partial charge in [0.15, 0.2) is 0 Å². The van der Waals surface area contributed by atoms with E-state index in [0.29, 0.717) is 5.37 Å². The quantitative estimate of drug-likeness (QED) is 0.667. The first-order chi connectivity index (χ1) is 4.97. The lowest BCUT2D eigenvalue weighted by atomic mass is 10.4. The Kier molecular flexibility index (Phi) is 1.69. The molecule has 2 heterocycles. The average molecular weight is 155 g/mol. The number of hydrogen-bond donors (Lipinski definition) is 1. The maximum atomic E-state index is 5.23. The number of hydrogen-bond acceptors (Lipinski definition) is 3. The topological polar surface area (TPSA) is 25.2 Å². The summed E-state index contributed by atoms with van der Waals surface area (Å²) in [4.78, 5) is 0. The van der Waals surface area contributed by atoms with E-state index in [-0.39, 0.29) is 0 Å². The van der Waals surface area contributed by atoms with Crippen molar-refractivity contribution in [3.63, 3.8) is 0 Å². The van der Waals surface area contributed by atoms with Crippen molar-refractivity contribution < 1.29 is 4.42 Å². The Morgan fingerprint density at radius 2 is 2.70 bits per heavy atom. The molecule has 2 nitrogen and oxygen atoms in total. The highest BCUT2D eigenvalue weighted by atomic mass is 32.2. The molecule has 0 amide bonds. The van der Waals surface area contributed by atoms with Crippen LogP contribution in [0.1, 0.15) is 11.1 Å². The Balaban J connectivity index is 2.12. The van der Waals surface area contributed by atoms with Gasteiger partial charge in [-0.25, -0.2) is 0 Å². The largest absolute Gasteiger partial charge is 0.467 e. The predicted octanol–water partition coefficient (Wildman–Crippen LogP) is 1.61. The van der Waals surface area contributed by atoms with Gasteiger partial charge in [-0.3, -0.25) is 5.32 Å². The molecule has 1 N–H and O–H groups in total. The molecular formula is C7H9NOS. The molecule has 1 aromatic rings. The fraction of sp³-hybridized carbons (Fsp3) is 0.429. The zero-order chi connectivity index (χ0) is 6.81. The van der Waals surface area contributed by atoms with Gasteiger partial charge in [-0.15, -0.1) is 11.8 Å². The summed E-state index contributed by atoms with van der Waals surface area (Å²) in [6, 6.07) is 3.94. The molecule has 10 heavy (non-hydrogen) atoms. The van der Waals surface area contributed by atoms with Crippen LogP contribution in [0.15, 0.2) is 22.8 Å². The van der Waals surface area contributed by atoms with Gasteiger partial charge in [0.1, 0.15) is 11.1 Å². The molecule has 0 aromatic carbocycles. The summed E-state index contributed by atoms with van der Waals surface area (Å²) >= 11 is 1.90. The summed E-state index contributed by atoms with van der Waals surface area (Å²) in [6.45, 7) is 1.09. The van der Waals surface area contributed by atoms with Gasteiger partial charge >= 0.3 is 0 Å². The van der Waals surface area contributed by atoms with Crippen LogP contribution in [0.5, 0.6) is 0 Å². The van der Waals surface area contributed by atoms with Gasteiger partial charge in [-0.2, -0.15) is 0 Å². The van der Waals surface area contributed by atoms with Gasteiger partial charge in [-0.1, -0.05) is 0 Å². The van der Waals surface area contributed by atoms with Crippen molar-refractivity contribution >= 4 is 11.8 Å². The fourth-order valence-electron chi connectivity index (χ4n) is 1.05. The number of rotatable bonds is 1. The molecule has 0 bridgehead atoms. The van der Waals surface area contributed by atoms with Crippen molar-refractivity contribution in [1.29, 1.82) is 0 Å². The normalized spacial score (nSPS) is 25.4. The van der Waals surface area contributed by atoms with E-state index in [9.17, 15) is 0 Å². The third kappa shape index (κ3) is 1.07. The number of furan rings is 1. The van der Waals surface area contributed by atoms with Crippen LogP contribution in [0, 0.1) is 0 Å². The Morgan fingerprint density at radius 3 is 3.30 bits per heavy atom. The molecule has 1 saturated heterocycles. The van der Waals surface area contributed by atoms with Crippen LogP contribution in [-0.4, -0.2) is 12.3 Å². The summed E-state index contributed by atoms with van der Waals surface area (Å²) in [6.07, 6.45) is 1.72. The minimum absolute atomic E-state index is 0.398. The van der Waals surface area contributed by atoms with E-state index < -0.39 is 0 Å². The first kappa shape index (κ1) is 6.31. The van der Waals surface area contributed by atoms with Crippen LogP contribution in [0.25, 0.3) is 0 Å². The summed E-state index contributed by atoms with van der Waals surface area (Å²) < 4.78 is 5.23.